The number of halogens is 2. The van der Waals surface area contributed by atoms with Crippen molar-refractivity contribution < 1.29 is 14.3 Å². The van der Waals surface area contributed by atoms with E-state index in [1.54, 1.807) is 18.2 Å². The molecule has 1 N–H and O–H groups in total. The lowest BCUT2D eigenvalue weighted by molar-refractivity contribution is -0.126. The van der Waals surface area contributed by atoms with E-state index in [0.29, 0.717) is 28.8 Å². The van der Waals surface area contributed by atoms with Gasteiger partial charge in [-0.2, -0.15) is 0 Å². The molecule has 2 saturated heterocycles. The number of ether oxygens (including phenoxy) is 1. The molecule has 2 heterocycles. The molecule has 0 aromatic heterocycles. The van der Waals surface area contributed by atoms with Crippen LogP contribution in [-0.2, 0) is 14.3 Å². The lowest BCUT2D eigenvalue weighted by Crippen LogP contribution is -2.37. The maximum atomic E-state index is 12.3. The number of nitrogens with one attached hydrogen (secondary N) is 1. The maximum Gasteiger partial charge on any atom is 0.227 e. The van der Waals surface area contributed by atoms with Gasteiger partial charge in [0.25, 0.3) is 0 Å². The number of nitrogens with zero attached hydrogens (tertiary/aromatic N) is 1. The third-order valence-electron chi connectivity index (χ3n) is 4.22. The first-order chi connectivity index (χ1) is 11.0. The molecular weight excluding hydrogens is 339 g/mol. The highest BCUT2D eigenvalue weighted by Crippen LogP contribution is 2.33. The SMILES string of the molecule is O=C(NC[C@H]1CCCO1)[C@H]1CC(=O)N(c2cc(Cl)ccc2Cl)C1. The summed E-state index contributed by atoms with van der Waals surface area (Å²) in [5.74, 6) is -0.611. The van der Waals surface area contributed by atoms with Crippen LogP contribution in [0.1, 0.15) is 19.3 Å². The standard InChI is InChI=1S/C16H18Cl2N2O3/c17-11-3-4-13(18)14(7-11)20-9-10(6-15(20)21)16(22)19-8-12-2-1-5-23-12/h3-4,7,10,12H,1-2,5-6,8-9H2,(H,19,22)/t10-,12+/m0/s1. The normalized spacial score (nSPS) is 24.3. The fourth-order valence-corrected chi connectivity index (χ4v) is 3.36. The second kappa shape index (κ2) is 7.07. The van der Waals surface area contributed by atoms with E-state index < -0.39 is 0 Å². The number of hydrogen-bond donors (Lipinski definition) is 1. The molecule has 2 amide bonds. The molecule has 5 nitrogen and oxygen atoms in total. The Kier molecular flexibility index (Phi) is 5.09. The molecule has 2 aliphatic rings. The Morgan fingerprint density at radius 1 is 1.39 bits per heavy atom. The third kappa shape index (κ3) is 3.79. The summed E-state index contributed by atoms with van der Waals surface area (Å²) < 4.78 is 5.48. The number of anilines is 1. The van der Waals surface area contributed by atoms with Crippen LogP contribution in [-0.4, -0.2) is 37.6 Å². The summed E-state index contributed by atoms with van der Waals surface area (Å²) in [6.07, 6.45) is 2.27. The smallest absolute Gasteiger partial charge is 0.227 e. The Morgan fingerprint density at radius 3 is 2.96 bits per heavy atom. The lowest BCUT2D eigenvalue weighted by atomic mass is 10.1. The van der Waals surface area contributed by atoms with Crippen LogP contribution in [0.3, 0.4) is 0 Å². The highest BCUT2D eigenvalue weighted by molar-refractivity contribution is 6.35. The number of hydrogen-bond acceptors (Lipinski definition) is 3. The van der Waals surface area contributed by atoms with Gasteiger partial charge in [0.1, 0.15) is 0 Å². The van der Waals surface area contributed by atoms with Crippen molar-refractivity contribution in [2.45, 2.75) is 25.4 Å². The minimum Gasteiger partial charge on any atom is -0.376 e. The van der Waals surface area contributed by atoms with E-state index in [1.165, 1.54) is 4.90 Å². The Bertz CT molecular complexity index is 617. The van der Waals surface area contributed by atoms with Crippen molar-refractivity contribution in [2.24, 2.45) is 5.92 Å². The van der Waals surface area contributed by atoms with Crippen LogP contribution in [0.4, 0.5) is 5.69 Å². The summed E-state index contributed by atoms with van der Waals surface area (Å²) in [5.41, 5.74) is 0.554. The molecular formula is C16H18Cl2N2O3. The van der Waals surface area contributed by atoms with Gasteiger partial charge < -0.3 is 15.0 Å². The molecule has 3 rings (SSSR count). The van der Waals surface area contributed by atoms with Gasteiger partial charge in [0.05, 0.1) is 22.7 Å². The van der Waals surface area contributed by atoms with Crippen LogP contribution >= 0.6 is 23.2 Å². The van der Waals surface area contributed by atoms with Gasteiger partial charge in [-0.3, -0.25) is 9.59 Å². The van der Waals surface area contributed by atoms with Gasteiger partial charge in [0.15, 0.2) is 0 Å². The van der Waals surface area contributed by atoms with Gasteiger partial charge in [0.2, 0.25) is 11.8 Å². The summed E-state index contributed by atoms with van der Waals surface area (Å²) in [6, 6.07) is 4.96. The number of benzene rings is 1. The van der Waals surface area contributed by atoms with Gasteiger partial charge in [-0.15, -0.1) is 0 Å². The lowest BCUT2D eigenvalue weighted by Gasteiger charge is -2.18. The van der Waals surface area contributed by atoms with E-state index in [0.717, 1.165) is 19.4 Å². The molecule has 2 fully saturated rings. The third-order valence-corrected chi connectivity index (χ3v) is 4.78. The zero-order valence-corrected chi connectivity index (χ0v) is 14.1. The fraction of sp³-hybridized carbons (Fsp3) is 0.500. The molecule has 0 unspecified atom stereocenters. The van der Waals surface area contributed by atoms with Gasteiger partial charge in [0, 0.05) is 31.1 Å². The molecule has 0 aliphatic carbocycles. The summed E-state index contributed by atoms with van der Waals surface area (Å²) in [6.45, 7) is 1.57. The van der Waals surface area contributed by atoms with E-state index in [2.05, 4.69) is 5.32 Å². The Balaban J connectivity index is 1.62. The molecule has 124 valence electrons. The average Bonchev–Trinajstić information content (AvgIpc) is 3.17. The Hall–Kier alpha value is -1.30. The second-order valence-corrected chi connectivity index (χ2v) is 6.72. The number of rotatable bonds is 4. The molecule has 7 heteroatoms. The van der Waals surface area contributed by atoms with Crippen molar-refractivity contribution in [3.05, 3.63) is 28.2 Å². The van der Waals surface area contributed by atoms with E-state index >= 15 is 0 Å². The van der Waals surface area contributed by atoms with Crippen LogP contribution in [0.15, 0.2) is 18.2 Å². The summed E-state index contributed by atoms with van der Waals surface area (Å²) in [5, 5.41) is 3.83. The molecule has 0 bridgehead atoms. The van der Waals surface area contributed by atoms with Crippen LogP contribution in [0, 0.1) is 5.92 Å². The summed E-state index contributed by atoms with van der Waals surface area (Å²) in [4.78, 5) is 26.0. The molecule has 0 spiro atoms. The highest BCUT2D eigenvalue weighted by Gasteiger charge is 2.36. The van der Waals surface area contributed by atoms with Crippen LogP contribution in [0.5, 0.6) is 0 Å². The van der Waals surface area contributed by atoms with Crippen molar-refractivity contribution >= 4 is 40.7 Å². The van der Waals surface area contributed by atoms with Gasteiger partial charge >= 0.3 is 0 Å². The van der Waals surface area contributed by atoms with Crippen LogP contribution in [0.2, 0.25) is 10.0 Å². The van der Waals surface area contributed by atoms with Crippen molar-refractivity contribution in [2.75, 3.05) is 24.6 Å². The topological polar surface area (TPSA) is 58.6 Å². The van der Waals surface area contributed by atoms with Gasteiger partial charge in [-0.25, -0.2) is 0 Å². The average molecular weight is 357 g/mol. The van der Waals surface area contributed by atoms with Gasteiger partial charge in [-0.1, -0.05) is 23.2 Å². The zero-order chi connectivity index (χ0) is 16.4. The molecule has 1 aromatic carbocycles. The van der Waals surface area contributed by atoms with Crippen molar-refractivity contribution in [1.29, 1.82) is 0 Å². The first kappa shape index (κ1) is 16.6. The van der Waals surface area contributed by atoms with Gasteiger partial charge in [-0.05, 0) is 31.0 Å². The minimum absolute atomic E-state index is 0.0922. The largest absolute Gasteiger partial charge is 0.376 e. The molecule has 0 saturated carbocycles. The zero-order valence-electron chi connectivity index (χ0n) is 12.6. The first-order valence-corrected chi connectivity index (χ1v) is 8.45. The number of carbonyl (C=O) groups is 2. The highest BCUT2D eigenvalue weighted by atomic mass is 35.5. The maximum absolute atomic E-state index is 12.3. The molecule has 2 atom stereocenters. The second-order valence-electron chi connectivity index (χ2n) is 5.88. The summed E-state index contributed by atoms with van der Waals surface area (Å²) in [7, 11) is 0. The molecule has 0 radical (unpaired) electrons. The molecule has 1 aromatic rings. The first-order valence-electron chi connectivity index (χ1n) is 7.69. The van der Waals surface area contributed by atoms with Crippen molar-refractivity contribution in [3.8, 4) is 0 Å². The quantitative estimate of drug-likeness (QED) is 0.901. The van der Waals surface area contributed by atoms with Crippen molar-refractivity contribution in [1.82, 2.24) is 5.32 Å². The van der Waals surface area contributed by atoms with E-state index in [4.69, 9.17) is 27.9 Å². The van der Waals surface area contributed by atoms with Crippen molar-refractivity contribution in [3.63, 3.8) is 0 Å². The van der Waals surface area contributed by atoms with E-state index in [1.807, 2.05) is 0 Å². The Morgan fingerprint density at radius 2 is 2.22 bits per heavy atom. The monoisotopic (exact) mass is 356 g/mol. The predicted octanol–water partition coefficient (Wildman–Crippen LogP) is 2.64. The van der Waals surface area contributed by atoms with E-state index in [-0.39, 0.29) is 30.3 Å². The van der Waals surface area contributed by atoms with E-state index in [9.17, 15) is 9.59 Å². The fourth-order valence-electron chi connectivity index (χ4n) is 2.97. The molecule has 2 aliphatic heterocycles. The summed E-state index contributed by atoms with van der Waals surface area (Å²) >= 11 is 12.1. The minimum atomic E-state index is -0.376. The van der Waals surface area contributed by atoms with Crippen LogP contribution in [0.25, 0.3) is 0 Å². The number of amides is 2. The number of carbonyl (C=O) groups excluding carboxylic acids is 2. The predicted molar refractivity (Wildman–Crippen MR) is 88.9 cm³/mol. The molecule has 23 heavy (non-hydrogen) atoms. The van der Waals surface area contributed by atoms with Crippen LogP contribution < -0.4 is 10.2 Å². The Labute approximate surface area is 144 Å².